The Kier molecular flexibility index (Phi) is 8.45. The Morgan fingerprint density at radius 3 is 1.29 bits per heavy atom. The third-order valence-electron chi connectivity index (χ3n) is 3.87. The summed E-state index contributed by atoms with van der Waals surface area (Å²) in [5.74, 6) is 0. The molecule has 0 N–H and O–H groups in total. The molecule has 0 heterocycles. The lowest BCUT2D eigenvalue weighted by atomic mass is 10.0. The summed E-state index contributed by atoms with van der Waals surface area (Å²) in [7, 11) is 0.0112. The quantitative estimate of drug-likeness (QED) is 0.347. The van der Waals surface area contributed by atoms with E-state index in [9.17, 15) is 0 Å². The zero-order valence-electron chi connectivity index (χ0n) is 13.4. The van der Waals surface area contributed by atoms with Gasteiger partial charge in [0.25, 0.3) is 0 Å². The van der Waals surface area contributed by atoms with Crippen molar-refractivity contribution in [1.29, 1.82) is 0 Å². The van der Waals surface area contributed by atoms with Crippen LogP contribution in [-0.2, 0) is 0 Å². The predicted molar refractivity (Wildman–Crippen MR) is 84.9 cm³/mol. The third kappa shape index (κ3) is 9.88. The maximum atomic E-state index is 2.52. The summed E-state index contributed by atoms with van der Waals surface area (Å²) in [6.07, 6.45) is 11.4. The van der Waals surface area contributed by atoms with Crippen molar-refractivity contribution in [2.75, 3.05) is 0 Å². The lowest BCUT2D eigenvalue weighted by Gasteiger charge is -2.34. The van der Waals surface area contributed by atoms with E-state index in [1.165, 1.54) is 51.4 Å². The molecule has 0 aromatic rings. The van der Waals surface area contributed by atoms with Crippen molar-refractivity contribution in [3.63, 3.8) is 0 Å². The standard InChI is InChI=1S/C16H36Si/c1-7-9-11-13-15(3,4)17-16(5,6)14-12-10-8-2/h7-14,17H2,1-6H3. The second kappa shape index (κ2) is 8.34. The molecular formula is C16H36Si. The molecule has 0 aromatic carbocycles. The minimum atomic E-state index is 0.0112. The average molecular weight is 257 g/mol. The fourth-order valence-corrected chi connectivity index (χ4v) is 6.62. The Bertz CT molecular complexity index is 162. The summed E-state index contributed by atoms with van der Waals surface area (Å²) in [4.78, 5) is 0. The smallest absolute Gasteiger partial charge is 0.0327 e. The fraction of sp³-hybridized carbons (Fsp3) is 1.00. The van der Waals surface area contributed by atoms with Gasteiger partial charge in [-0.3, -0.25) is 0 Å². The van der Waals surface area contributed by atoms with Gasteiger partial charge in [0.05, 0.1) is 0 Å². The topological polar surface area (TPSA) is 0 Å². The molecular weight excluding hydrogens is 220 g/mol. The van der Waals surface area contributed by atoms with Crippen molar-refractivity contribution in [2.45, 2.75) is 103 Å². The molecule has 104 valence electrons. The number of hydrogen-bond donors (Lipinski definition) is 0. The van der Waals surface area contributed by atoms with Crippen LogP contribution in [0.5, 0.6) is 0 Å². The van der Waals surface area contributed by atoms with E-state index in [-0.39, 0.29) is 9.52 Å². The van der Waals surface area contributed by atoms with E-state index in [4.69, 9.17) is 0 Å². The molecule has 1 heteroatoms. The van der Waals surface area contributed by atoms with Gasteiger partial charge >= 0.3 is 0 Å². The third-order valence-corrected chi connectivity index (χ3v) is 6.49. The summed E-state index contributed by atoms with van der Waals surface area (Å²) in [5, 5.41) is 1.34. The highest BCUT2D eigenvalue weighted by molar-refractivity contribution is 6.43. The molecule has 0 aliphatic heterocycles. The first kappa shape index (κ1) is 17.2. The summed E-state index contributed by atoms with van der Waals surface area (Å²) in [5.41, 5.74) is 0. The van der Waals surface area contributed by atoms with Crippen LogP contribution in [0.15, 0.2) is 0 Å². The van der Waals surface area contributed by atoms with Gasteiger partial charge in [-0.2, -0.15) is 0 Å². The first-order chi connectivity index (χ1) is 7.83. The Morgan fingerprint density at radius 1 is 0.647 bits per heavy atom. The second-order valence-corrected chi connectivity index (χ2v) is 11.6. The summed E-state index contributed by atoms with van der Waals surface area (Å²) < 4.78 is 0. The van der Waals surface area contributed by atoms with E-state index in [0.717, 1.165) is 0 Å². The zero-order chi connectivity index (χ0) is 13.4. The van der Waals surface area contributed by atoms with Crippen molar-refractivity contribution in [1.82, 2.24) is 0 Å². The predicted octanol–water partition coefficient (Wildman–Crippen LogP) is 5.71. The molecule has 0 nitrogen and oxygen atoms in total. The summed E-state index contributed by atoms with van der Waals surface area (Å²) in [6.45, 7) is 14.7. The maximum absolute atomic E-state index is 2.52. The highest BCUT2D eigenvalue weighted by Gasteiger charge is 2.28. The molecule has 0 aliphatic carbocycles. The lowest BCUT2D eigenvalue weighted by molar-refractivity contribution is 0.497. The van der Waals surface area contributed by atoms with Gasteiger partial charge in [-0.05, 0) is 10.1 Å². The van der Waals surface area contributed by atoms with Gasteiger partial charge in [-0.1, -0.05) is 92.9 Å². The number of unbranched alkanes of at least 4 members (excludes halogenated alkanes) is 4. The van der Waals surface area contributed by atoms with Gasteiger partial charge in [0.1, 0.15) is 0 Å². The van der Waals surface area contributed by atoms with Crippen molar-refractivity contribution in [2.24, 2.45) is 0 Å². The van der Waals surface area contributed by atoms with Crippen LogP contribution < -0.4 is 0 Å². The normalized spacial score (nSPS) is 13.1. The molecule has 0 fully saturated rings. The monoisotopic (exact) mass is 256 g/mol. The lowest BCUT2D eigenvalue weighted by Crippen LogP contribution is -2.24. The van der Waals surface area contributed by atoms with E-state index in [1.54, 1.807) is 0 Å². The number of hydrogen-bond acceptors (Lipinski definition) is 0. The molecule has 0 aromatic heterocycles. The molecule has 0 radical (unpaired) electrons. The highest BCUT2D eigenvalue weighted by Crippen LogP contribution is 2.42. The molecule has 0 aliphatic rings. The number of rotatable bonds is 10. The molecule has 0 spiro atoms. The van der Waals surface area contributed by atoms with E-state index in [1.807, 2.05) is 0 Å². The second-order valence-electron chi connectivity index (χ2n) is 7.42. The Morgan fingerprint density at radius 2 is 1.00 bits per heavy atom. The minimum Gasteiger partial charge on any atom is -0.0654 e. The van der Waals surface area contributed by atoms with Gasteiger partial charge in [0, 0.05) is 9.52 Å². The van der Waals surface area contributed by atoms with Crippen molar-refractivity contribution in [3.8, 4) is 0 Å². The molecule has 0 rings (SSSR count). The molecule has 17 heavy (non-hydrogen) atoms. The van der Waals surface area contributed by atoms with Crippen molar-refractivity contribution >= 4 is 9.52 Å². The van der Waals surface area contributed by atoms with E-state index in [0.29, 0.717) is 10.1 Å². The van der Waals surface area contributed by atoms with Gasteiger partial charge in [0.15, 0.2) is 0 Å². The van der Waals surface area contributed by atoms with E-state index in [2.05, 4.69) is 41.5 Å². The van der Waals surface area contributed by atoms with Crippen LogP contribution in [0.3, 0.4) is 0 Å². The first-order valence-electron chi connectivity index (χ1n) is 7.83. The molecule has 0 unspecified atom stereocenters. The highest BCUT2D eigenvalue weighted by atomic mass is 28.2. The Labute approximate surface area is 113 Å². The maximum Gasteiger partial charge on any atom is 0.0327 e. The molecule has 0 bridgehead atoms. The van der Waals surface area contributed by atoms with Crippen LogP contribution in [0, 0.1) is 0 Å². The Hall–Kier alpha value is 0.217. The van der Waals surface area contributed by atoms with Gasteiger partial charge in [0.2, 0.25) is 0 Å². The van der Waals surface area contributed by atoms with Crippen molar-refractivity contribution < 1.29 is 0 Å². The van der Waals surface area contributed by atoms with Crippen LogP contribution in [-0.4, -0.2) is 9.52 Å². The van der Waals surface area contributed by atoms with Crippen LogP contribution in [0.4, 0.5) is 0 Å². The molecule has 0 amide bonds. The fourth-order valence-electron chi connectivity index (χ4n) is 3.18. The summed E-state index contributed by atoms with van der Waals surface area (Å²) in [6, 6.07) is 0. The first-order valence-corrected chi connectivity index (χ1v) is 9.24. The van der Waals surface area contributed by atoms with Crippen LogP contribution in [0.1, 0.15) is 92.9 Å². The minimum absolute atomic E-state index is 0.0112. The SMILES string of the molecule is CCCCCC(C)(C)[SiH2]C(C)(C)CCCCC. The van der Waals surface area contributed by atoms with Gasteiger partial charge < -0.3 is 0 Å². The van der Waals surface area contributed by atoms with Gasteiger partial charge in [-0.15, -0.1) is 0 Å². The van der Waals surface area contributed by atoms with Crippen LogP contribution in [0.2, 0.25) is 10.1 Å². The van der Waals surface area contributed by atoms with Crippen molar-refractivity contribution in [3.05, 3.63) is 0 Å². The van der Waals surface area contributed by atoms with E-state index >= 15 is 0 Å². The van der Waals surface area contributed by atoms with E-state index < -0.39 is 0 Å². The largest absolute Gasteiger partial charge is 0.0654 e. The molecule has 0 saturated heterocycles. The zero-order valence-corrected chi connectivity index (χ0v) is 14.8. The van der Waals surface area contributed by atoms with Crippen LogP contribution >= 0.6 is 0 Å². The molecule has 0 saturated carbocycles. The van der Waals surface area contributed by atoms with Crippen LogP contribution in [0.25, 0.3) is 0 Å². The Balaban J connectivity index is 3.99. The summed E-state index contributed by atoms with van der Waals surface area (Å²) >= 11 is 0. The van der Waals surface area contributed by atoms with Gasteiger partial charge in [-0.25, -0.2) is 0 Å². The molecule has 0 atom stereocenters. The average Bonchev–Trinajstić information content (AvgIpc) is 2.16.